The summed E-state index contributed by atoms with van der Waals surface area (Å²) in [4.78, 5) is 39.1. The van der Waals surface area contributed by atoms with Crippen LogP contribution in [0.2, 0.25) is 0 Å². The van der Waals surface area contributed by atoms with Crippen LogP contribution in [0.25, 0.3) is 27.9 Å². The van der Waals surface area contributed by atoms with Gasteiger partial charge in [-0.15, -0.1) is 0 Å². The van der Waals surface area contributed by atoms with Gasteiger partial charge in [-0.2, -0.15) is 9.61 Å². The number of amides is 1. The van der Waals surface area contributed by atoms with E-state index in [1.807, 2.05) is 18.3 Å². The zero-order valence-corrected chi connectivity index (χ0v) is 23.6. The minimum Gasteiger partial charge on any atom is -0.462 e. The van der Waals surface area contributed by atoms with E-state index in [1.54, 1.807) is 47.0 Å². The highest BCUT2D eigenvalue weighted by molar-refractivity contribution is 5.99. The highest BCUT2D eigenvalue weighted by Crippen LogP contribution is 2.32. The molecule has 1 amide bonds. The molecule has 0 aliphatic carbocycles. The summed E-state index contributed by atoms with van der Waals surface area (Å²) in [5.74, 6) is -0.148. The van der Waals surface area contributed by atoms with Crippen molar-refractivity contribution < 1.29 is 23.8 Å². The van der Waals surface area contributed by atoms with Gasteiger partial charge in [-0.25, -0.2) is 19.6 Å². The first-order chi connectivity index (χ1) is 19.2. The monoisotopic (exact) mass is 549 g/mol. The van der Waals surface area contributed by atoms with Crippen LogP contribution in [0.1, 0.15) is 38.1 Å². The summed E-state index contributed by atoms with van der Waals surface area (Å²) < 4.78 is 19.9. The molecule has 0 radical (unpaired) electrons. The van der Waals surface area contributed by atoms with Gasteiger partial charge in [0.15, 0.2) is 5.65 Å². The molecule has 1 saturated heterocycles. The summed E-state index contributed by atoms with van der Waals surface area (Å²) in [6.45, 7) is 12.2. The Morgan fingerprint density at radius 2 is 1.93 bits per heavy atom. The molecule has 1 fully saturated rings. The highest BCUT2D eigenvalue weighted by Gasteiger charge is 2.26. The molecule has 1 aliphatic heterocycles. The molecule has 12 nitrogen and oxygen atoms in total. The van der Waals surface area contributed by atoms with Gasteiger partial charge in [0, 0.05) is 62.6 Å². The first-order valence-electron chi connectivity index (χ1n) is 13.4. The van der Waals surface area contributed by atoms with E-state index in [0.29, 0.717) is 11.5 Å². The van der Waals surface area contributed by atoms with Crippen molar-refractivity contribution >= 4 is 34.6 Å². The number of carbonyl (C=O) groups is 2. The standard InChI is InChI=1S/C28H35N7O5/c1-6-39-26(36)20-17-30-35-23(32(5)27(37)40-28(2,3)4)16-22(31-25(20)35)21-18-34(24-19(21)8-7-9-29-24)11-10-33-12-14-38-15-13-33/h7-9,16-18H,6,10-15H2,1-5H3. The summed E-state index contributed by atoms with van der Waals surface area (Å²) in [5.41, 5.74) is 2.00. The molecular formula is C28H35N7O5. The minimum atomic E-state index is -0.694. The first kappa shape index (κ1) is 27.5. The summed E-state index contributed by atoms with van der Waals surface area (Å²) in [6.07, 6.45) is 4.64. The van der Waals surface area contributed by atoms with Crippen LogP contribution in [-0.4, -0.2) is 93.2 Å². The summed E-state index contributed by atoms with van der Waals surface area (Å²) in [6, 6.07) is 5.65. The molecule has 5 rings (SSSR count). The van der Waals surface area contributed by atoms with E-state index in [0.717, 1.165) is 56.0 Å². The molecule has 40 heavy (non-hydrogen) atoms. The van der Waals surface area contributed by atoms with Gasteiger partial charge in [0.25, 0.3) is 0 Å². The number of hydrogen-bond donors (Lipinski definition) is 0. The van der Waals surface area contributed by atoms with Crippen LogP contribution in [0.3, 0.4) is 0 Å². The van der Waals surface area contributed by atoms with Crippen LogP contribution in [-0.2, 0) is 20.8 Å². The lowest BCUT2D eigenvalue weighted by Gasteiger charge is -2.26. The van der Waals surface area contributed by atoms with Crippen molar-refractivity contribution in [2.24, 2.45) is 0 Å². The van der Waals surface area contributed by atoms with Crippen molar-refractivity contribution in [3.05, 3.63) is 42.4 Å². The second-order valence-corrected chi connectivity index (χ2v) is 10.6. The van der Waals surface area contributed by atoms with Crippen LogP contribution in [0.5, 0.6) is 0 Å². The van der Waals surface area contributed by atoms with E-state index in [2.05, 4.69) is 19.5 Å². The van der Waals surface area contributed by atoms with Gasteiger partial charge in [-0.05, 0) is 39.8 Å². The SMILES string of the molecule is CCOC(=O)c1cnn2c(N(C)C(=O)OC(C)(C)C)cc(-c3cn(CCN4CCOCC4)c4ncccc34)nc12. The van der Waals surface area contributed by atoms with Crippen LogP contribution in [0.15, 0.2) is 36.8 Å². The van der Waals surface area contributed by atoms with Crippen molar-refractivity contribution in [3.63, 3.8) is 0 Å². The van der Waals surface area contributed by atoms with Gasteiger partial charge >= 0.3 is 12.1 Å². The molecule has 4 aromatic heterocycles. The number of pyridine rings is 1. The predicted molar refractivity (Wildman–Crippen MR) is 150 cm³/mol. The third-order valence-corrected chi connectivity index (χ3v) is 6.63. The Balaban J connectivity index is 1.62. The van der Waals surface area contributed by atoms with Crippen molar-refractivity contribution in [2.45, 2.75) is 39.8 Å². The van der Waals surface area contributed by atoms with Crippen molar-refractivity contribution in [2.75, 3.05) is 51.4 Å². The number of esters is 1. The average Bonchev–Trinajstić information content (AvgIpc) is 3.53. The molecule has 5 heterocycles. The fourth-order valence-corrected chi connectivity index (χ4v) is 4.67. The Morgan fingerprint density at radius 1 is 1.15 bits per heavy atom. The largest absolute Gasteiger partial charge is 0.462 e. The Labute approximate surface area is 232 Å². The second kappa shape index (κ2) is 11.2. The zero-order valence-electron chi connectivity index (χ0n) is 23.6. The lowest BCUT2D eigenvalue weighted by atomic mass is 10.1. The normalized spacial score (nSPS) is 14.5. The summed E-state index contributed by atoms with van der Waals surface area (Å²) >= 11 is 0. The number of nitrogens with zero attached hydrogens (tertiary/aromatic N) is 7. The number of anilines is 1. The van der Waals surface area contributed by atoms with Crippen LogP contribution in [0.4, 0.5) is 10.6 Å². The van der Waals surface area contributed by atoms with Crippen LogP contribution >= 0.6 is 0 Å². The third-order valence-electron chi connectivity index (χ3n) is 6.63. The number of ether oxygens (including phenoxy) is 3. The van der Waals surface area contributed by atoms with E-state index in [1.165, 1.54) is 15.6 Å². The summed E-state index contributed by atoms with van der Waals surface area (Å²) in [5, 5.41) is 5.28. The molecule has 0 unspecified atom stereocenters. The first-order valence-corrected chi connectivity index (χ1v) is 13.4. The Bertz CT molecular complexity index is 1530. The van der Waals surface area contributed by atoms with E-state index < -0.39 is 17.7 Å². The Kier molecular flexibility index (Phi) is 7.72. The molecule has 0 aromatic carbocycles. The van der Waals surface area contributed by atoms with E-state index >= 15 is 0 Å². The predicted octanol–water partition coefficient (Wildman–Crippen LogP) is 3.63. The molecule has 212 valence electrons. The number of morpholine rings is 1. The van der Waals surface area contributed by atoms with Gasteiger partial charge < -0.3 is 18.8 Å². The zero-order chi connectivity index (χ0) is 28.4. The van der Waals surface area contributed by atoms with Gasteiger partial charge in [0.05, 0.1) is 31.7 Å². The van der Waals surface area contributed by atoms with Crippen LogP contribution in [0, 0.1) is 0 Å². The molecule has 0 atom stereocenters. The maximum Gasteiger partial charge on any atom is 0.415 e. The Morgan fingerprint density at radius 3 is 2.65 bits per heavy atom. The summed E-state index contributed by atoms with van der Waals surface area (Å²) in [7, 11) is 1.60. The van der Waals surface area contributed by atoms with E-state index in [-0.39, 0.29) is 17.8 Å². The number of hydrogen-bond acceptors (Lipinski definition) is 9. The maximum absolute atomic E-state index is 13.1. The van der Waals surface area contributed by atoms with Gasteiger partial charge in [0.1, 0.15) is 22.6 Å². The smallest absolute Gasteiger partial charge is 0.415 e. The average molecular weight is 550 g/mol. The minimum absolute atomic E-state index is 0.205. The molecule has 4 aromatic rings. The molecule has 1 aliphatic rings. The third kappa shape index (κ3) is 5.63. The van der Waals surface area contributed by atoms with Crippen LogP contribution < -0.4 is 4.90 Å². The van der Waals surface area contributed by atoms with E-state index in [9.17, 15) is 9.59 Å². The van der Waals surface area contributed by atoms with Crippen molar-refractivity contribution in [1.29, 1.82) is 0 Å². The highest BCUT2D eigenvalue weighted by atomic mass is 16.6. The number of carbonyl (C=O) groups excluding carboxylic acids is 2. The van der Waals surface area contributed by atoms with Crippen molar-refractivity contribution in [3.8, 4) is 11.3 Å². The number of fused-ring (bicyclic) bond motifs is 2. The lowest BCUT2D eigenvalue weighted by Crippen LogP contribution is -2.38. The second-order valence-electron chi connectivity index (χ2n) is 10.6. The fraction of sp³-hybridized carbons (Fsp3) is 0.464. The molecule has 0 N–H and O–H groups in total. The van der Waals surface area contributed by atoms with Crippen molar-refractivity contribution in [1.82, 2.24) is 29.0 Å². The molecular weight excluding hydrogens is 514 g/mol. The molecule has 0 spiro atoms. The fourth-order valence-electron chi connectivity index (χ4n) is 4.67. The molecule has 0 bridgehead atoms. The lowest BCUT2D eigenvalue weighted by molar-refractivity contribution is 0.0365. The van der Waals surface area contributed by atoms with Gasteiger partial charge in [-0.3, -0.25) is 9.80 Å². The number of rotatable bonds is 7. The van der Waals surface area contributed by atoms with E-state index in [4.69, 9.17) is 19.2 Å². The molecule has 0 saturated carbocycles. The van der Waals surface area contributed by atoms with Gasteiger partial charge in [-0.1, -0.05) is 0 Å². The quantitative estimate of drug-likeness (QED) is 0.319. The number of aromatic nitrogens is 5. The molecule has 12 heteroatoms. The topological polar surface area (TPSA) is 116 Å². The van der Waals surface area contributed by atoms with Gasteiger partial charge in [0.2, 0.25) is 0 Å². The Hall–Kier alpha value is -4.03. The maximum atomic E-state index is 13.1.